The molecule has 0 unspecified atom stereocenters. The maximum Gasteiger partial charge on any atom is 0.249 e. The van der Waals surface area contributed by atoms with E-state index in [-0.39, 0.29) is 12.3 Å². The van der Waals surface area contributed by atoms with E-state index in [1.54, 1.807) is 42.9 Å². The third kappa shape index (κ3) is 4.76. The van der Waals surface area contributed by atoms with Crippen LogP contribution in [0.1, 0.15) is 22.5 Å². The highest BCUT2D eigenvalue weighted by molar-refractivity contribution is 6.03. The first-order valence-electron chi connectivity index (χ1n) is 11.4. The molecule has 9 heteroatoms. The minimum atomic E-state index is -0.561. The lowest BCUT2D eigenvalue weighted by atomic mass is 9.96. The van der Waals surface area contributed by atoms with Gasteiger partial charge in [0.25, 0.3) is 0 Å². The van der Waals surface area contributed by atoms with Gasteiger partial charge in [0.2, 0.25) is 11.8 Å². The summed E-state index contributed by atoms with van der Waals surface area (Å²) >= 11 is 0. The molecule has 4 N–H and O–H groups in total. The molecule has 0 atom stereocenters. The van der Waals surface area contributed by atoms with Crippen LogP contribution in [0.4, 0.5) is 5.82 Å². The predicted octanol–water partition coefficient (Wildman–Crippen LogP) is 3.99. The molecule has 9 nitrogen and oxygen atoms in total. The zero-order valence-corrected chi connectivity index (χ0v) is 19.3. The number of imidazole rings is 1. The van der Waals surface area contributed by atoms with Gasteiger partial charge >= 0.3 is 0 Å². The minimum absolute atomic E-state index is 0.166. The van der Waals surface area contributed by atoms with Crippen LogP contribution in [0.3, 0.4) is 0 Å². The summed E-state index contributed by atoms with van der Waals surface area (Å²) in [4.78, 5) is 34.0. The molecular weight excluding hydrogens is 454 g/mol. The summed E-state index contributed by atoms with van der Waals surface area (Å²) in [5.41, 5.74) is 9.85. The van der Waals surface area contributed by atoms with Crippen molar-refractivity contribution in [2.75, 3.05) is 5.32 Å². The molecule has 5 rings (SSSR count). The molecular formula is C27H23N7O2. The van der Waals surface area contributed by atoms with Crippen molar-refractivity contribution in [1.29, 1.82) is 0 Å². The molecule has 0 bridgehead atoms. The van der Waals surface area contributed by atoms with Crippen molar-refractivity contribution in [2.45, 2.75) is 12.8 Å². The number of hydrogen-bond acceptors (Lipinski definition) is 5. The van der Waals surface area contributed by atoms with E-state index in [2.05, 4.69) is 20.5 Å². The summed E-state index contributed by atoms with van der Waals surface area (Å²) in [5.74, 6) is 0.320. The Bertz CT molecular complexity index is 1490. The van der Waals surface area contributed by atoms with Crippen molar-refractivity contribution < 1.29 is 9.59 Å². The van der Waals surface area contributed by atoms with E-state index in [0.29, 0.717) is 34.9 Å². The van der Waals surface area contributed by atoms with Gasteiger partial charge in [-0.2, -0.15) is 5.10 Å². The van der Waals surface area contributed by atoms with Gasteiger partial charge in [-0.25, -0.2) is 9.97 Å². The zero-order chi connectivity index (χ0) is 24.9. The first-order chi connectivity index (χ1) is 17.6. The number of rotatable bonds is 8. The molecule has 3 heterocycles. The van der Waals surface area contributed by atoms with Crippen LogP contribution < -0.4 is 11.1 Å². The largest absolute Gasteiger partial charge is 0.366 e. The summed E-state index contributed by atoms with van der Waals surface area (Å²) in [7, 11) is 0. The van der Waals surface area contributed by atoms with Gasteiger partial charge in [0, 0.05) is 41.8 Å². The van der Waals surface area contributed by atoms with E-state index in [4.69, 9.17) is 10.7 Å². The Morgan fingerprint density at radius 3 is 2.56 bits per heavy atom. The number of para-hydroxylation sites is 1. The third-order valence-corrected chi connectivity index (χ3v) is 5.69. The highest BCUT2D eigenvalue weighted by Crippen LogP contribution is 2.35. The molecule has 36 heavy (non-hydrogen) atoms. The van der Waals surface area contributed by atoms with Gasteiger partial charge in [-0.15, -0.1) is 0 Å². The number of aromatic nitrogens is 5. The highest BCUT2D eigenvalue weighted by Gasteiger charge is 2.22. The summed E-state index contributed by atoms with van der Waals surface area (Å²) < 4.78 is 1.91. The second-order valence-electron chi connectivity index (χ2n) is 8.10. The molecule has 0 aliphatic carbocycles. The third-order valence-electron chi connectivity index (χ3n) is 5.69. The smallest absolute Gasteiger partial charge is 0.249 e. The summed E-state index contributed by atoms with van der Waals surface area (Å²) in [6, 6.07) is 20.4. The van der Waals surface area contributed by atoms with E-state index in [1.165, 1.54) is 0 Å². The van der Waals surface area contributed by atoms with Crippen molar-refractivity contribution >= 4 is 17.6 Å². The molecule has 2 aromatic carbocycles. The number of carbonyl (C=O) groups excluding carboxylic acids is 2. The van der Waals surface area contributed by atoms with Gasteiger partial charge in [-0.05, 0) is 42.3 Å². The van der Waals surface area contributed by atoms with Crippen LogP contribution >= 0.6 is 0 Å². The van der Waals surface area contributed by atoms with Gasteiger partial charge in [0.05, 0.1) is 17.5 Å². The number of amides is 2. The van der Waals surface area contributed by atoms with E-state index in [1.807, 2.05) is 53.2 Å². The Labute approximate surface area is 207 Å². The number of carbonyl (C=O) groups is 2. The Morgan fingerprint density at radius 1 is 1.00 bits per heavy atom. The number of hydrogen-bond donors (Lipinski definition) is 3. The van der Waals surface area contributed by atoms with Crippen LogP contribution in [-0.2, 0) is 11.2 Å². The van der Waals surface area contributed by atoms with Gasteiger partial charge < -0.3 is 11.1 Å². The van der Waals surface area contributed by atoms with Crippen molar-refractivity contribution in [1.82, 2.24) is 24.7 Å². The fourth-order valence-electron chi connectivity index (χ4n) is 4.03. The maximum atomic E-state index is 12.5. The molecule has 0 aliphatic heterocycles. The standard InChI is InChI=1S/C27H23N7O2/c28-26(36)22-10-6-9-21(18-15-30-31-16-18)25(22)27-32-19(17-34(27)20-7-2-1-3-8-20)12-13-24(35)33-23-11-4-5-14-29-23/h1-11,14-17H,12-13H2,(H2,28,36)(H,30,31)(H,29,33,35). The average Bonchev–Trinajstić information content (AvgIpc) is 3.59. The molecule has 2 amide bonds. The van der Waals surface area contributed by atoms with Crippen molar-refractivity contribution in [3.8, 4) is 28.2 Å². The minimum Gasteiger partial charge on any atom is -0.366 e. The quantitative estimate of drug-likeness (QED) is 0.311. The van der Waals surface area contributed by atoms with Crippen LogP contribution in [0.2, 0.25) is 0 Å². The van der Waals surface area contributed by atoms with Crippen LogP contribution in [0, 0.1) is 0 Å². The van der Waals surface area contributed by atoms with E-state index in [0.717, 1.165) is 16.8 Å². The number of anilines is 1. The first kappa shape index (κ1) is 22.7. The number of H-pyrrole nitrogens is 1. The monoisotopic (exact) mass is 477 g/mol. The second-order valence-corrected chi connectivity index (χ2v) is 8.10. The van der Waals surface area contributed by atoms with Crippen LogP contribution in [0.15, 0.2) is 91.5 Å². The lowest BCUT2D eigenvalue weighted by Crippen LogP contribution is -2.14. The fourth-order valence-corrected chi connectivity index (χ4v) is 4.03. The first-order valence-corrected chi connectivity index (χ1v) is 11.4. The molecule has 0 saturated heterocycles. The summed E-state index contributed by atoms with van der Waals surface area (Å²) in [5, 5.41) is 9.67. The highest BCUT2D eigenvalue weighted by atomic mass is 16.2. The van der Waals surface area contributed by atoms with Gasteiger partial charge in [0.1, 0.15) is 11.6 Å². The number of primary amides is 1. The predicted molar refractivity (Wildman–Crippen MR) is 136 cm³/mol. The molecule has 0 saturated carbocycles. The van der Waals surface area contributed by atoms with E-state index in [9.17, 15) is 9.59 Å². The topological polar surface area (TPSA) is 132 Å². The fraction of sp³-hybridized carbons (Fsp3) is 0.0741. The van der Waals surface area contributed by atoms with Crippen LogP contribution in [-0.4, -0.2) is 36.5 Å². The van der Waals surface area contributed by atoms with Crippen LogP contribution in [0.25, 0.3) is 28.2 Å². The number of nitrogens with two attached hydrogens (primary N) is 1. The molecule has 0 fully saturated rings. The maximum absolute atomic E-state index is 12.5. The van der Waals surface area contributed by atoms with Gasteiger partial charge in [-0.1, -0.05) is 36.4 Å². The number of aromatic amines is 1. The lowest BCUT2D eigenvalue weighted by Gasteiger charge is -2.14. The molecule has 0 spiro atoms. The van der Waals surface area contributed by atoms with Crippen LogP contribution in [0.5, 0.6) is 0 Å². The number of nitrogens with zero attached hydrogens (tertiary/aromatic N) is 4. The zero-order valence-electron chi connectivity index (χ0n) is 19.3. The van der Waals surface area contributed by atoms with E-state index >= 15 is 0 Å². The van der Waals surface area contributed by atoms with Crippen molar-refractivity contribution in [3.05, 3.63) is 103 Å². The number of pyridine rings is 1. The number of benzene rings is 2. The lowest BCUT2D eigenvalue weighted by molar-refractivity contribution is -0.116. The Hall–Kier alpha value is -5.05. The number of aryl methyl sites for hydroxylation is 1. The Balaban J connectivity index is 1.56. The summed E-state index contributed by atoms with van der Waals surface area (Å²) in [6.07, 6.45) is 7.55. The normalized spacial score (nSPS) is 10.8. The molecule has 5 aromatic rings. The average molecular weight is 478 g/mol. The van der Waals surface area contributed by atoms with Crippen molar-refractivity contribution in [2.24, 2.45) is 5.73 Å². The Kier molecular flexibility index (Phi) is 6.35. The molecule has 178 valence electrons. The molecule has 0 radical (unpaired) electrons. The second kappa shape index (κ2) is 10.1. The molecule has 0 aliphatic rings. The Morgan fingerprint density at radius 2 is 1.83 bits per heavy atom. The van der Waals surface area contributed by atoms with Crippen molar-refractivity contribution in [3.63, 3.8) is 0 Å². The van der Waals surface area contributed by atoms with Gasteiger partial charge in [0.15, 0.2) is 0 Å². The molecule has 3 aromatic heterocycles. The summed E-state index contributed by atoms with van der Waals surface area (Å²) in [6.45, 7) is 0. The van der Waals surface area contributed by atoms with E-state index < -0.39 is 5.91 Å². The SMILES string of the molecule is NC(=O)c1cccc(-c2cn[nH]c2)c1-c1nc(CCC(=O)Nc2ccccn2)cn1-c1ccccc1. The van der Waals surface area contributed by atoms with Gasteiger partial charge in [-0.3, -0.25) is 19.3 Å². The number of nitrogens with one attached hydrogen (secondary N) is 2.